The first-order valence-corrected chi connectivity index (χ1v) is 5.12. The van der Waals surface area contributed by atoms with Gasteiger partial charge in [0.15, 0.2) is 0 Å². The van der Waals surface area contributed by atoms with Crippen LogP contribution in [0.4, 0.5) is 0 Å². The average Bonchev–Trinajstić information content (AvgIpc) is 2.65. The predicted molar refractivity (Wildman–Crippen MR) is 54.8 cm³/mol. The molecule has 0 amide bonds. The van der Waals surface area contributed by atoms with E-state index in [0.29, 0.717) is 6.04 Å². The van der Waals surface area contributed by atoms with Crippen LogP contribution >= 0.6 is 0 Å². The van der Waals surface area contributed by atoms with E-state index in [4.69, 9.17) is 4.42 Å². The van der Waals surface area contributed by atoms with Crippen molar-refractivity contribution in [3.63, 3.8) is 0 Å². The van der Waals surface area contributed by atoms with Gasteiger partial charge in [0.05, 0.1) is 6.26 Å². The third kappa shape index (κ3) is 3.64. The molecule has 0 saturated carbocycles. The summed E-state index contributed by atoms with van der Waals surface area (Å²) in [5.41, 5.74) is 0. The lowest BCUT2D eigenvalue weighted by atomic mass is 10.1. The maximum atomic E-state index is 5.24. The fraction of sp³-hybridized carbons (Fsp3) is 0.636. The summed E-state index contributed by atoms with van der Waals surface area (Å²) in [6, 6.07) is 4.62. The van der Waals surface area contributed by atoms with E-state index < -0.39 is 0 Å². The highest BCUT2D eigenvalue weighted by atomic mass is 16.3. The lowest BCUT2D eigenvalue weighted by Crippen LogP contribution is -2.29. The van der Waals surface area contributed by atoms with Crippen LogP contribution in [-0.2, 0) is 6.42 Å². The lowest BCUT2D eigenvalue weighted by molar-refractivity contribution is 0.457. The zero-order valence-electron chi connectivity index (χ0n) is 8.55. The van der Waals surface area contributed by atoms with Crippen molar-refractivity contribution in [3.8, 4) is 0 Å². The molecule has 74 valence electrons. The highest BCUT2D eigenvalue weighted by molar-refractivity contribution is 4.98. The van der Waals surface area contributed by atoms with Crippen LogP contribution in [-0.4, -0.2) is 12.6 Å². The molecule has 0 fully saturated rings. The normalized spacial score (nSPS) is 11.0. The molecule has 2 heteroatoms. The van der Waals surface area contributed by atoms with E-state index in [0.717, 1.165) is 18.7 Å². The summed E-state index contributed by atoms with van der Waals surface area (Å²) in [5, 5.41) is 3.50. The van der Waals surface area contributed by atoms with Gasteiger partial charge in [0.2, 0.25) is 0 Å². The molecule has 0 atom stereocenters. The van der Waals surface area contributed by atoms with Crippen LogP contribution in [0, 0.1) is 0 Å². The Labute approximate surface area is 80.3 Å². The third-order valence-corrected chi connectivity index (χ3v) is 2.37. The van der Waals surface area contributed by atoms with Crippen molar-refractivity contribution in [2.24, 2.45) is 0 Å². The van der Waals surface area contributed by atoms with E-state index in [1.165, 1.54) is 12.8 Å². The van der Waals surface area contributed by atoms with Crippen molar-refractivity contribution in [2.75, 3.05) is 6.54 Å². The molecule has 0 spiro atoms. The molecule has 13 heavy (non-hydrogen) atoms. The maximum Gasteiger partial charge on any atom is 0.105 e. The van der Waals surface area contributed by atoms with Gasteiger partial charge in [0.1, 0.15) is 5.76 Å². The summed E-state index contributed by atoms with van der Waals surface area (Å²) in [4.78, 5) is 0. The van der Waals surface area contributed by atoms with Crippen LogP contribution in [0.15, 0.2) is 22.8 Å². The minimum absolute atomic E-state index is 0.662. The summed E-state index contributed by atoms with van der Waals surface area (Å²) in [6.45, 7) is 5.45. The summed E-state index contributed by atoms with van der Waals surface area (Å²) in [6.07, 6.45) is 5.12. The maximum absolute atomic E-state index is 5.24. The zero-order valence-corrected chi connectivity index (χ0v) is 8.55. The van der Waals surface area contributed by atoms with E-state index in [2.05, 4.69) is 19.2 Å². The van der Waals surface area contributed by atoms with Gasteiger partial charge in [-0.05, 0) is 25.0 Å². The van der Waals surface area contributed by atoms with E-state index in [9.17, 15) is 0 Å². The fourth-order valence-electron chi connectivity index (χ4n) is 1.43. The molecule has 1 rings (SSSR count). The van der Waals surface area contributed by atoms with Crippen molar-refractivity contribution in [1.82, 2.24) is 5.32 Å². The second-order valence-electron chi connectivity index (χ2n) is 3.30. The molecule has 0 saturated heterocycles. The first-order chi connectivity index (χ1) is 6.36. The van der Waals surface area contributed by atoms with E-state index in [1.54, 1.807) is 6.26 Å². The van der Waals surface area contributed by atoms with Crippen LogP contribution in [0.1, 0.15) is 32.4 Å². The molecule has 0 unspecified atom stereocenters. The topological polar surface area (TPSA) is 25.2 Å². The van der Waals surface area contributed by atoms with Crippen LogP contribution in [0.25, 0.3) is 0 Å². The molecule has 0 aromatic carbocycles. The molecule has 0 aliphatic heterocycles. The number of rotatable bonds is 6. The van der Waals surface area contributed by atoms with Crippen molar-refractivity contribution < 1.29 is 4.42 Å². The SMILES string of the molecule is CCC(CC)NCCc1ccco1. The highest BCUT2D eigenvalue weighted by Crippen LogP contribution is 2.01. The minimum atomic E-state index is 0.662. The van der Waals surface area contributed by atoms with E-state index >= 15 is 0 Å². The number of furan rings is 1. The Morgan fingerprint density at radius 1 is 1.38 bits per heavy atom. The van der Waals surface area contributed by atoms with Crippen molar-refractivity contribution in [3.05, 3.63) is 24.2 Å². The molecule has 1 heterocycles. The van der Waals surface area contributed by atoms with Crippen LogP contribution in [0.5, 0.6) is 0 Å². The third-order valence-electron chi connectivity index (χ3n) is 2.37. The molecule has 0 radical (unpaired) electrons. The van der Waals surface area contributed by atoms with Crippen molar-refractivity contribution in [1.29, 1.82) is 0 Å². The molecule has 1 aromatic heterocycles. The average molecular weight is 181 g/mol. The largest absolute Gasteiger partial charge is 0.469 e. The van der Waals surface area contributed by atoms with Gasteiger partial charge in [-0.15, -0.1) is 0 Å². The number of hydrogen-bond acceptors (Lipinski definition) is 2. The monoisotopic (exact) mass is 181 g/mol. The Morgan fingerprint density at radius 2 is 2.15 bits per heavy atom. The highest BCUT2D eigenvalue weighted by Gasteiger charge is 2.01. The van der Waals surface area contributed by atoms with Gasteiger partial charge in [0, 0.05) is 19.0 Å². The summed E-state index contributed by atoms with van der Waals surface area (Å²) >= 11 is 0. The Morgan fingerprint density at radius 3 is 2.69 bits per heavy atom. The van der Waals surface area contributed by atoms with Gasteiger partial charge in [-0.3, -0.25) is 0 Å². The zero-order chi connectivity index (χ0) is 9.52. The number of nitrogens with one attached hydrogen (secondary N) is 1. The fourth-order valence-corrected chi connectivity index (χ4v) is 1.43. The molecule has 1 aromatic rings. The van der Waals surface area contributed by atoms with Gasteiger partial charge in [0.25, 0.3) is 0 Å². The number of hydrogen-bond donors (Lipinski definition) is 1. The van der Waals surface area contributed by atoms with Gasteiger partial charge < -0.3 is 9.73 Å². The molecule has 0 bridgehead atoms. The Hall–Kier alpha value is -0.760. The van der Waals surface area contributed by atoms with E-state index in [1.807, 2.05) is 12.1 Å². The smallest absolute Gasteiger partial charge is 0.105 e. The van der Waals surface area contributed by atoms with Crippen molar-refractivity contribution in [2.45, 2.75) is 39.2 Å². The molecular weight excluding hydrogens is 162 g/mol. The van der Waals surface area contributed by atoms with Crippen LogP contribution in [0.2, 0.25) is 0 Å². The van der Waals surface area contributed by atoms with Crippen molar-refractivity contribution >= 4 is 0 Å². The standard InChI is InChI=1S/C11H19NO/c1-3-10(4-2)12-8-7-11-6-5-9-13-11/h5-6,9-10,12H,3-4,7-8H2,1-2H3. The molecule has 1 N–H and O–H groups in total. The van der Waals surface area contributed by atoms with Gasteiger partial charge in [-0.1, -0.05) is 13.8 Å². The first-order valence-electron chi connectivity index (χ1n) is 5.12. The quantitative estimate of drug-likeness (QED) is 0.729. The molecule has 0 aliphatic rings. The predicted octanol–water partition coefficient (Wildman–Crippen LogP) is 2.60. The first kappa shape index (κ1) is 10.3. The second kappa shape index (κ2) is 5.81. The summed E-state index contributed by atoms with van der Waals surface area (Å²) in [5.74, 6) is 1.07. The molecule has 2 nitrogen and oxygen atoms in total. The van der Waals surface area contributed by atoms with Crippen LogP contribution < -0.4 is 5.32 Å². The summed E-state index contributed by atoms with van der Waals surface area (Å²) in [7, 11) is 0. The lowest BCUT2D eigenvalue weighted by Gasteiger charge is -2.13. The molecular formula is C11H19NO. The van der Waals surface area contributed by atoms with Gasteiger partial charge in [-0.25, -0.2) is 0 Å². The second-order valence-corrected chi connectivity index (χ2v) is 3.30. The molecule has 0 aliphatic carbocycles. The Balaban J connectivity index is 2.13. The Bertz CT molecular complexity index is 202. The van der Waals surface area contributed by atoms with E-state index in [-0.39, 0.29) is 0 Å². The van der Waals surface area contributed by atoms with Crippen LogP contribution in [0.3, 0.4) is 0 Å². The minimum Gasteiger partial charge on any atom is -0.469 e. The van der Waals surface area contributed by atoms with Gasteiger partial charge in [-0.2, -0.15) is 0 Å². The Kier molecular flexibility index (Phi) is 4.61. The summed E-state index contributed by atoms with van der Waals surface area (Å²) < 4.78 is 5.24. The van der Waals surface area contributed by atoms with Gasteiger partial charge >= 0.3 is 0 Å².